The largest absolute Gasteiger partial charge is 0.349 e. The fourth-order valence-electron chi connectivity index (χ4n) is 2.66. The quantitative estimate of drug-likeness (QED) is 0.742. The smallest absolute Gasteiger partial charge is 0.251 e. The number of nitrogens with one attached hydrogen (secondary N) is 1. The summed E-state index contributed by atoms with van der Waals surface area (Å²) in [7, 11) is -2.24. The lowest BCUT2D eigenvalue weighted by Crippen LogP contribution is -2.27. The van der Waals surface area contributed by atoms with Gasteiger partial charge < -0.3 is 5.32 Å². The molecule has 0 unspecified atom stereocenters. The average Bonchev–Trinajstić information content (AvgIpc) is 3.46. The van der Waals surface area contributed by atoms with Crippen LogP contribution in [0.2, 0.25) is 0 Å². The molecule has 0 saturated heterocycles. The van der Waals surface area contributed by atoms with Crippen molar-refractivity contribution in [2.24, 2.45) is 0 Å². The number of carbonyl (C=O) groups excluding carboxylic acids is 2. The van der Waals surface area contributed by atoms with Crippen LogP contribution in [-0.2, 0) is 16.6 Å². The molecule has 1 N–H and O–H groups in total. The molecule has 0 radical (unpaired) electrons. The Morgan fingerprint density at radius 1 is 1.07 bits per heavy atom. The summed E-state index contributed by atoms with van der Waals surface area (Å²) in [4.78, 5) is 23.6. The fraction of sp³-hybridized carbons (Fsp3) is 0.300. The molecule has 6 nitrogen and oxygen atoms in total. The Morgan fingerprint density at radius 3 is 2.33 bits per heavy atom. The average molecular weight is 386 g/mol. The lowest BCUT2D eigenvalue weighted by molar-refractivity contribution is 0.0950. The van der Waals surface area contributed by atoms with E-state index in [4.69, 9.17) is 0 Å². The molecular formula is C20H22N2O4S. The first-order chi connectivity index (χ1) is 12.8. The van der Waals surface area contributed by atoms with E-state index >= 15 is 0 Å². The number of rotatable bonds is 7. The number of hydrogen-bond acceptors (Lipinski definition) is 4. The van der Waals surface area contributed by atoms with Crippen molar-refractivity contribution in [1.29, 1.82) is 0 Å². The van der Waals surface area contributed by atoms with Gasteiger partial charge in [-0.2, -0.15) is 4.31 Å². The van der Waals surface area contributed by atoms with E-state index in [-0.39, 0.29) is 23.1 Å². The highest BCUT2D eigenvalue weighted by Crippen LogP contribution is 2.20. The summed E-state index contributed by atoms with van der Waals surface area (Å²) in [6, 6.07) is 13.2. The van der Waals surface area contributed by atoms with Crippen molar-refractivity contribution < 1.29 is 18.0 Å². The molecule has 0 heterocycles. The third kappa shape index (κ3) is 4.61. The third-order valence-electron chi connectivity index (χ3n) is 4.48. The molecule has 1 amide bonds. The number of nitrogens with zero attached hydrogens (tertiary/aromatic N) is 1. The van der Waals surface area contributed by atoms with Crippen LogP contribution in [0.3, 0.4) is 0 Å². The van der Waals surface area contributed by atoms with Crippen LogP contribution < -0.4 is 5.32 Å². The molecule has 2 aromatic carbocycles. The normalized spacial score (nSPS) is 14.2. The van der Waals surface area contributed by atoms with E-state index in [1.54, 1.807) is 36.4 Å². The highest BCUT2D eigenvalue weighted by molar-refractivity contribution is 7.89. The van der Waals surface area contributed by atoms with Crippen molar-refractivity contribution in [2.75, 3.05) is 7.05 Å². The van der Waals surface area contributed by atoms with E-state index in [0.717, 1.165) is 18.4 Å². The van der Waals surface area contributed by atoms with Crippen LogP contribution in [0.25, 0.3) is 0 Å². The summed E-state index contributed by atoms with van der Waals surface area (Å²) < 4.78 is 26.8. The van der Waals surface area contributed by atoms with E-state index in [0.29, 0.717) is 17.2 Å². The van der Waals surface area contributed by atoms with Gasteiger partial charge >= 0.3 is 0 Å². The first-order valence-corrected chi connectivity index (χ1v) is 10.2. The van der Waals surface area contributed by atoms with Gasteiger partial charge in [0, 0.05) is 30.8 Å². The molecule has 1 aliphatic rings. The van der Waals surface area contributed by atoms with Gasteiger partial charge in [0.15, 0.2) is 5.78 Å². The molecule has 0 spiro atoms. The number of benzene rings is 2. The van der Waals surface area contributed by atoms with Gasteiger partial charge in [-0.25, -0.2) is 8.42 Å². The Balaban J connectivity index is 1.71. The number of hydrogen-bond donors (Lipinski definition) is 1. The standard InChI is InChI=1S/C20H22N2O4S/c1-14(23)17-4-3-5-19(12-17)27(25,26)22(2)13-15-6-8-16(9-7-15)20(24)21-18-10-11-18/h3-9,12,18H,10-11,13H2,1-2H3,(H,21,24). The number of amides is 1. The van der Waals surface area contributed by atoms with Crippen LogP contribution in [-0.4, -0.2) is 37.5 Å². The Labute approximate surface area is 159 Å². The number of carbonyl (C=O) groups is 2. The van der Waals surface area contributed by atoms with E-state index in [9.17, 15) is 18.0 Å². The zero-order chi connectivity index (χ0) is 19.6. The summed E-state index contributed by atoms with van der Waals surface area (Å²) in [5.41, 5.74) is 1.69. The van der Waals surface area contributed by atoms with E-state index < -0.39 is 10.0 Å². The van der Waals surface area contributed by atoms with Crippen LogP contribution in [0.15, 0.2) is 53.4 Å². The second-order valence-electron chi connectivity index (χ2n) is 6.79. The zero-order valence-corrected chi connectivity index (χ0v) is 16.1. The minimum absolute atomic E-state index is 0.0816. The van der Waals surface area contributed by atoms with Gasteiger partial charge in [-0.15, -0.1) is 0 Å². The second kappa shape index (κ2) is 7.62. The Bertz CT molecular complexity index is 964. The zero-order valence-electron chi connectivity index (χ0n) is 15.3. The first-order valence-electron chi connectivity index (χ1n) is 8.74. The van der Waals surface area contributed by atoms with Crippen molar-refractivity contribution in [3.63, 3.8) is 0 Å². The first kappa shape index (κ1) is 19.3. The van der Waals surface area contributed by atoms with Crippen LogP contribution in [0.1, 0.15) is 46.0 Å². The van der Waals surface area contributed by atoms with E-state index in [1.807, 2.05) is 0 Å². The molecule has 0 atom stereocenters. The van der Waals surface area contributed by atoms with Gasteiger partial charge in [0.1, 0.15) is 0 Å². The summed E-state index contributed by atoms with van der Waals surface area (Å²) in [6.45, 7) is 1.56. The summed E-state index contributed by atoms with van der Waals surface area (Å²) in [5.74, 6) is -0.291. The lowest BCUT2D eigenvalue weighted by atomic mass is 10.1. The number of ketones is 1. The summed E-state index contributed by atoms with van der Waals surface area (Å²) in [6.07, 6.45) is 2.05. The highest BCUT2D eigenvalue weighted by atomic mass is 32.2. The highest BCUT2D eigenvalue weighted by Gasteiger charge is 2.24. The maximum absolute atomic E-state index is 12.8. The van der Waals surface area contributed by atoms with Crippen LogP contribution >= 0.6 is 0 Å². The van der Waals surface area contributed by atoms with Crippen molar-refractivity contribution in [1.82, 2.24) is 9.62 Å². The molecule has 0 bridgehead atoms. The monoisotopic (exact) mass is 386 g/mol. The molecule has 0 aromatic heterocycles. The minimum Gasteiger partial charge on any atom is -0.349 e. The molecule has 3 rings (SSSR count). The fourth-order valence-corrected chi connectivity index (χ4v) is 3.86. The molecule has 27 heavy (non-hydrogen) atoms. The maximum atomic E-state index is 12.8. The Kier molecular flexibility index (Phi) is 5.43. The Morgan fingerprint density at radius 2 is 1.74 bits per heavy atom. The third-order valence-corrected chi connectivity index (χ3v) is 6.28. The van der Waals surface area contributed by atoms with Gasteiger partial charge in [-0.3, -0.25) is 9.59 Å². The van der Waals surface area contributed by atoms with Crippen molar-refractivity contribution >= 4 is 21.7 Å². The van der Waals surface area contributed by atoms with Crippen LogP contribution in [0, 0.1) is 0 Å². The molecule has 0 aliphatic heterocycles. The molecule has 142 valence electrons. The molecular weight excluding hydrogens is 364 g/mol. The molecule has 1 saturated carbocycles. The summed E-state index contributed by atoms with van der Waals surface area (Å²) >= 11 is 0. The van der Waals surface area contributed by atoms with Gasteiger partial charge in [0.05, 0.1) is 4.90 Å². The Hall–Kier alpha value is -2.51. The lowest BCUT2D eigenvalue weighted by Gasteiger charge is -2.18. The van der Waals surface area contributed by atoms with Gasteiger partial charge in [0.25, 0.3) is 5.91 Å². The molecule has 7 heteroatoms. The maximum Gasteiger partial charge on any atom is 0.251 e. The summed E-state index contributed by atoms with van der Waals surface area (Å²) in [5, 5.41) is 2.92. The predicted octanol–water partition coefficient (Wildman–Crippen LogP) is 2.60. The SMILES string of the molecule is CC(=O)c1cccc(S(=O)(=O)N(C)Cc2ccc(C(=O)NC3CC3)cc2)c1. The van der Waals surface area contributed by atoms with E-state index in [1.165, 1.54) is 30.4 Å². The van der Waals surface area contributed by atoms with Crippen LogP contribution in [0.5, 0.6) is 0 Å². The number of Topliss-reactive ketones (excluding diaryl/α,β-unsaturated/α-hetero) is 1. The second-order valence-corrected chi connectivity index (χ2v) is 8.83. The topological polar surface area (TPSA) is 83.6 Å². The molecule has 1 aliphatic carbocycles. The minimum atomic E-state index is -3.73. The van der Waals surface area contributed by atoms with Gasteiger partial charge in [-0.1, -0.05) is 24.3 Å². The molecule has 2 aromatic rings. The number of sulfonamides is 1. The van der Waals surface area contributed by atoms with Gasteiger partial charge in [0.2, 0.25) is 10.0 Å². The van der Waals surface area contributed by atoms with Gasteiger partial charge in [-0.05, 0) is 49.6 Å². The van der Waals surface area contributed by atoms with Crippen LogP contribution in [0.4, 0.5) is 0 Å². The van der Waals surface area contributed by atoms with Crippen molar-refractivity contribution in [2.45, 2.75) is 37.2 Å². The van der Waals surface area contributed by atoms with E-state index in [2.05, 4.69) is 5.32 Å². The molecule has 1 fully saturated rings. The van der Waals surface area contributed by atoms with Crippen molar-refractivity contribution in [3.8, 4) is 0 Å². The predicted molar refractivity (Wildman–Crippen MR) is 102 cm³/mol. The van der Waals surface area contributed by atoms with Crippen molar-refractivity contribution in [3.05, 3.63) is 65.2 Å².